The fraction of sp³-hybridized carbons (Fsp3) is 0. The minimum absolute atomic E-state index is 0.865. The molecule has 2 aromatic heterocycles. The maximum absolute atomic E-state index is 5.24. The van der Waals surface area contributed by atoms with Crippen LogP contribution in [0.4, 0.5) is 0 Å². The Morgan fingerprint density at radius 1 is 0.277 bits per heavy atom. The average Bonchev–Trinajstić information content (AvgIpc) is 3.72. The molecular weight excluding hydrogens is 787 g/mol. The number of aromatic nitrogens is 3. The van der Waals surface area contributed by atoms with E-state index in [9.17, 15) is 0 Å². The Morgan fingerprint density at radius 3 is 1.45 bits per heavy atom. The van der Waals surface area contributed by atoms with Crippen LogP contribution < -0.4 is 0 Å². The van der Waals surface area contributed by atoms with Crippen LogP contribution in [0.2, 0.25) is 0 Å². The molecule has 0 saturated heterocycles. The van der Waals surface area contributed by atoms with Gasteiger partial charge in [0.1, 0.15) is 0 Å². The van der Waals surface area contributed by atoms with Crippen molar-refractivity contribution in [1.82, 2.24) is 14.5 Å². The van der Waals surface area contributed by atoms with Gasteiger partial charge >= 0.3 is 0 Å². The number of hydrogen-bond acceptors (Lipinski definition) is 2. The van der Waals surface area contributed by atoms with Crippen molar-refractivity contribution in [2.45, 2.75) is 0 Å². The molecule has 0 saturated carbocycles. The van der Waals surface area contributed by atoms with Crippen molar-refractivity contribution in [2.75, 3.05) is 0 Å². The molecule has 0 aliphatic carbocycles. The standard InChI is InChI=1S/C62H39N3/c1-2-11-46-36-48(29-28-40(46)10-1)45-30-33-51(34-31-45)65-59-19-8-7-16-54(59)57-38-49(32-35-60(57)65)44-26-22-42(23-27-44)41-20-24-43(25-21-41)47-12-9-13-50(37-47)58-39-63-61-55-17-5-3-14-52(55)53-15-4-6-18-56(53)62(61)64-58/h1-39H. The Bertz CT molecular complexity index is 3940. The Morgan fingerprint density at radius 2 is 0.754 bits per heavy atom. The van der Waals surface area contributed by atoms with Crippen molar-refractivity contribution in [3.05, 3.63) is 237 Å². The summed E-state index contributed by atoms with van der Waals surface area (Å²) in [5, 5.41) is 9.66. The molecule has 13 rings (SSSR count). The molecule has 302 valence electrons. The number of hydrogen-bond donors (Lipinski definition) is 0. The molecule has 3 heteroatoms. The molecular formula is C62H39N3. The normalized spacial score (nSPS) is 11.7. The van der Waals surface area contributed by atoms with E-state index in [4.69, 9.17) is 9.97 Å². The lowest BCUT2D eigenvalue weighted by Crippen LogP contribution is -1.93. The van der Waals surface area contributed by atoms with Gasteiger partial charge in [0.05, 0.1) is 34.0 Å². The van der Waals surface area contributed by atoms with Gasteiger partial charge in [0.25, 0.3) is 0 Å². The van der Waals surface area contributed by atoms with Crippen molar-refractivity contribution in [3.8, 4) is 61.5 Å². The van der Waals surface area contributed by atoms with Gasteiger partial charge in [-0.1, -0.05) is 188 Å². The van der Waals surface area contributed by atoms with Crippen molar-refractivity contribution < 1.29 is 0 Å². The van der Waals surface area contributed by atoms with Gasteiger partial charge in [-0.2, -0.15) is 0 Å². The SMILES string of the molecule is c1cc(-c2ccc(-c3ccc(-c4ccc5c(c4)c4ccccc4n5-c4ccc(-c5ccc6ccccc6c5)cc4)cc3)cc2)cc(-c2cnc3c4ccccc4c4ccccc4c3n2)c1. The minimum Gasteiger partial charge on any atom is -0.309 e. The number of rotatable bonds is 6. The largest absolute Gasteiger partial charge is 0.309 e. The second-order valence-corrected chi connectivity index (χ2v) is 17.0. The maximum Gasteiger partial charge on any atom is 0.0979 e. The summed E-state index contributed by atoms with van der Waals surface area (Å²) in [4.78, 5) is 10.2. The average molecular weight is 826 g/mol. The van der Waals surface area contributed by atoms with Gasteiger partial charge in [-0.3, -0.25) is 4.98 Å². The first-order valence-electron chi connectivity index (χ1n) is 22.2. The van der Waals surface area contributed by atoms with E-state index in [2.05, 4.69) is 235 Å². The first kappa shape index (κ1) is 36.9. The van der Waals surface area contributed by atoms with E-state index in [0.717, 1.165) is 49.9 Å². The van der Waals surface area contributed by atoms with Crippen LogP contribution in [0.3, 0.4) is 0 Å². The van der Waals surface area contributed by atoms with Gasteiger partial charge in [0.2, 0.25) is 0 Å². The summed E-state index contributed by atoms with van der Waals surface area (Å²) in [6, 6.07) is 83.3. The molecule has 65 heavy (non-hydrogen) atoms. The molecule has 2 heterocycles. The third-order valence-corrected chi connectivity index (χ3v) is 13.2. The van der Waals surface area contributed by atoms with Crippen LogP contribution in [0.15, 0.2) is 237 Å². The smallest absolute Gasteiger partial charge is 0.0979 e. The van der Waals surface area contributed by atoms with Crippen LogP contribution in [0.1, 0.15) is 0 Å². The van der Waals surface area contributed by atoms with Gasteiger partial charge in [0, 0.05) is 32.8 Å². The molecule has 0 fully saturated rings. The molecule has 0 aliphatic heterocycles. The highest BCUT2D eigenvalue weighted by Crippen LogP contribution is 2.38. The third-order valence-electron chi connectivity index (χ3n) is 13.2. The molecule has 3 nitrogen and oxygen atoms in total. The first-order valence-corrected chi connectivity index (χ1v) is 22.2. The van der Waals surface area contributed by atoms with Gasteiger partial charge in [-0.05, 0) is 109 Å². The summed E-state index contributed by atoms with van der Waals surface area (Å²) < 4.78 is 2.39. The zero-order valence-electron chi connectivity index (χ0n) is 35.4. The predicted octanol–water partition coefficient (Wildman–Crippen LogP) is 16.5. The fourth-order valence-corrected chi connectivity index (χ4v) is 9.93. The highest BCUT2D eigenvalue weighted by molar-refractivity contribution is 6.23. The third kappa shape index (κ3) is 6.28. The number of para-hydroxylation sites is 1. The molecule has 0 spiro atoms. The predicted molar refractivity (Wildman–Crippen MR) is 274 cm³/mol. The van der Waals surface area contributed by atoms with E-state index >= 15 is 0 Å². The van der Waals surface area contributed by atoms with Gasteiger partial charge < -0.3 is 4.57 Å². The number of fused-ring (bicyclic) bond motifs is 10. The van der Waals surface area contributed by atoms with E-state index in [0.29, 0.717) is 0 Å². The topological polar surface area (TPSA) is 30.7 Å². The van der Waals surface area contributed by atoms with Crippen LogP contribution in [-0.4, -0.2) is 14.5 Å². The van der Waals surface area contributed by atoms with Crippen LogP contribution in [0, 0.1) is 0 Å². The van der Waals surface area contributed by atoms with Crippen molar-refractivity contribution >= 4 is 65.2 Å². The zero-order valence-corrected chi connectivity index (χ0v) is 35.4. The molecule has 11 aromatic carbocycles. The molecule has 0 N–H and O–H groups in total. The Hall–Kier alpha value is -8.66. The lowest BCUT2D eigenvalue weighted by molar-refractivity contribution is 1.18. The van der Waals surface area contributed by atoms with Crippen LogP contribution in [0.5, 0.6) is 0 Å². The van der Waals surface area contributed by atoms with Gasteiger partial charge in [-0.25, -0.2) is 4.98 Å². The molecule has 0 aliphatic rings. The highest BCUT2D eigenvalue weighted by atomic mass is 15.0. The summed E-state index contributed by atoms with van der Waals surface area (Å²) >= 11 is 0. The summed E-state index contributed by atoms with van der Waals surface area (Å²) in [5.74, 6) is 0. The van der Waals surface area contributed by atoms with Crippen molar-refractivity contribution in [2.24, 2.45) is 0 Å². The van der Waals surface area contributed by atoms with E-state index < -0.39 is 0 Å². The molecule has 0 radical (unpaired) electrons. The summed E-state index contributed by atoms with van der Waals surface area (Å²) in [6.45, 7) is 0. The van der Waals surface area contributed by atoms with E-state index in [1.807, 2.05) is 6.20 Å². The first-order chi connectivity index (χ1) is 32.2. The van der Waals surface area contributed by atoms with Crippen LogP contribution in [0.25, 0.3) is 127 Å². The number of nitrogens with zero attached hydrogens (tertiary/aromatic N) is 3. The highest BCUT2D eigenvalue weighted by Gasteiger charge is 2.15. The summed E-state index contributed by atoms with van der Waals surface area (Å²) in [6.07, 6.45) is 1.92. The molecule has 0 amide bonds. The minimum atomic E-state index is 0.865. The van der Waals surface area contributed by atoms with Crippen molar-refractivity contribution in [3.63, 3.8) is 0 Å². The second kappa shape index (κ2) is 15.0. The maximum atomic E-state index is 5.24. The monoisotopic (exact) mass is 825 g/mol. The Kier molecular flexibility index (Phi) is 8.53. The van der Waals surface area contributed by atoms with Gasteiger partial charge in [-0.15, -0.1) is 0 Å². The summed E-state index contributed by atoms with van der Waals surface area (Å²) in [7, 11) is 0. The van der Waals surface area contributed by atoms with Gasteiger partial charge in [0.15, 0.2) is 0 Å². The zero-order chi connectivity index (χ0) is 42.8. The molecule has 0 bridgehead atoms. The van der Waals surface area contributed by atoms with Crippen LogP contribution in [-0.2, 0) is 0 Å². The molecule has 0 atom stereocenters. The summed E-state index contributed by atoms with van der Waals surface area (Å²) in [5.41, 5.74) is 16.8. The molecule has 13 aromatic rings. The molecule has 0 unspecified atom stereocenters. The van der Waals surface area contributed by atoms with Crippen molar-refractivity contribution in [1.29, 1.82) is 0 Å². The van der Waals surface area contributed by atoms with E-state index in [1.54, 1.807) is 0 Å². The lowest BCUT2D eigenvalue weighted by Gasteiger charge is -2.11. The lowest BCUT2D eigenvalue weighted by atomic mass is 9.96. The van der Waals surface area contributed by atoms with Crippen LogP contribution >= 0.6 is 0 Å². The fourth-order valence-electron chi connectivity index (χ4n) is 9.93. The second-order valence-electron chi connectivity index (χ2n) is 17.0. The van der Waals surface area contributed by atoms with E-state index in [1.165, 1.54) is 76.7 Å². The Labute approximate surface area is 376 Å². The Balaban J connectivity index is 0.772. The van der Waals surface area contributed by atoms with E-state index in [-0.39, 0.29) is 0 Å². The number of benzene rings is 11. The quantitative estimate of drug-likeness (QED) is 0.156.